The Hall–Kier alpha value is -1.89. The lowest BCUT2D eigenvalue weighted by Gasteiger charge is -2.15. The monoisotopic (exact) mass is 367 g/mol. The molecule has 0 spiro atoms. The van der Waals surface area contributed by atoms with Crippen molar-refractivity contribution in [2.24, 2.45) is 5.92 Å². The van der Waals surface area contributed by atoms with Crippen molar-refractivity contribution in [3.63, 3.8) is 0 Å². The molecule has 0 heterocycles. The van der Waals surface area contributed by atoms with Gasteiger partial charge in [0.2, 0.25) is 5.91 Å². The Balaban J connectivity index is 1.89. The van der Waals surface area contributed by atoms with Crippen molar-refractivity contribution in [3.05, 3.63) is 35.4 Å². The lowest BCUT2D eigenvalue weighted by Crippen LogP contribution is -2.38. The molecule has 1 aromatic carbocycles. The third-order valence-electron chi connectivity index (χ3n) is 4.60. The standard InChI is InChI=1S/C18H25NO5S/c1-13-5-4-6-14(9-13)10-15(18(21)22)11-19-17(20)12-25(23,24)16-7-2-3-8-16/h4-6,9,15-16H,2-3,7-8,10-12H2,1H3,(H,19,20)(H,21,22). The number of rotatable bonds is 8. The number of hydrogen-bond acceptors (Lipinski definition) is 4. The molecular formula is C18H25NO5S. The highest BCUT2D eigenvalue weighted by molar-refractivity contribution is 7.92. The minimum atomic E-state index is -3.45. The van der Waals surface area contributed by atoms with Gasteiger partial charge in [-0.2, -0.15) is 0 Å². The average Bonchev–Trinajstić information content (AvgIpc) is 3.06. The average molecular weight is 367 g/mol. The molecule has 0 radical (unpaired) electrons. The Morgan fingerprint density at radius 3 is 2.56 bits per heavy atom. The van der Waals surface area contributed by atoms with E-state index in [1.807, 2.05) is 31.2 Å². The third-order valence-corrected chi connectivity index (χ3v) is 6.75. The smallest absolute Gasteiger partial charge is 0.308 e. The van der Waals surface area contributed by atoms with Crippen molar-refractivity contribution in [3.8, 4) is 0 Å². The first kappa shape index (κ1) is 19.4. The molecule has 0 bridgehead atoms. The predicted octanol–water partition coefficient (Wildman–Crippen LogP) is 1.71. The van der Waals surface area contributed by atoms with Crippen LogP contribution in [0.4, 0.5) is 0 Å². The summed E-state index contributed by atoms with van der Waals surface area (Å²) in [5.74, 6) is -2.99. The van der Waals surface area contributed by atoms with E-state index in [1.54, 1.807) is 0 Å². The van der Waals surface area contributed by atoms with Gasteiger partial charge in [0.25, 0.3) is 0 Å². The molecule has 1 fully saturated rings. The van der Waals surface area contributed by atoms with Crippen molar-refractivity contribution in [1.82, 2.24) is 5.32 Å². The van der Waals surface area contributed by atoms with E-state index in [-0.39, 0.29) is 13.0 Å². The van der Waals surface area contributed by atoms with Gasteiger partial charge in [-0.1, -0.05) is 42.7 Å². The van der Waals surface area contributed by atoms with Gasteiger partial charge in [-0.25, -0.2) is 8.42 Å². The molecule has 1 aliphatic carbocycles. The molecule has 1 aromatic rings. The Morgan fingerprint density at radius 1 is 1.28 bits per heavy atom. The fraction of sp³-hybridized carbons (Fsp3) is 0.556. The van der Waals surface area contributed by atoms with Crippen LogP contribution in [-0.4, -0.2) is 42.9 Å². The number of aliphatic carboxylic acids is 1. The molecule has 7 heteroatoms. The zero-order valence-electron chi connectivity index (χ0n) is 14.4. The first-order valence-corrected chi connectivity index (χ1v) is 10.3. The number of carbonyl (C=O) groups is 2. The maximum absolute atomic E-state index is 12.2. The van der Waals surface area contributed by atoms with Crippen molar-refractivity contribution in [2.75, 3.05) is 12.3 Å². The predicted molar refractivity (Wildman–Crippen MR) is 95.1 cm³/mol. The molecule has 138 valence electrons. The summed E-state index contributed by atoms with van der Waals surface area (Å²) in [5.41, 5.74) is 1.91. The molecule has 1 unspecified atom stereocenters. The SMILES string of the molecule is Cc1cccc(CC(CNC(=O)CS(=O)(=O)C2CCCC2)C(=O)O)c1. The number of carboxylic acid groups (broad SMARTS) is 1. The molecule has 1 amide bonds. The van der Waals surface area contributed by atoms with Crippen molar-refractivity contribution < 1.29 is 23.1 Å². The summed E-state index contributed by atoms with van der Waals surface area (Å²) in [6.07, 6.45) is 3.26. The van der Waals surface area contributed by atoms with Crippen molar-refractivity contribution in [1.29, 1.82) is 0 Å². The zero-order chi connectivity index (χ0) is 18.4. The molecular weight excluding hydrogens is 342 g/mol. The summed E-state index contributed by atoms with van der Waals surface area (Å²) >= 11 is 0. The Bertz CT molecular complexity index is 723. The minimum absolute atomic E-state index is 0.0811. The van der Waals surface area contributed by atoms with Gasteiger partial charge in [-0.05, 0) is 31.7 Å². The van der Waals surface area contributed by atoms with Gasteiger partial charge in [-0.3, -0.25) is 9.59 Å². The quantitative estimate of drug-likeness (QED) is 0.728. The highest BCUT2D eigenvalue weighted by atomic mass is 32.2. The Labute approximate surface area is 148 Å². The van der Waals surface area contributed by atoms with Gasteiger partial charge >= 0.3 is 5.97 Å². The van der Waals surface area contributed by atoms with E-state index < -0.39 is 38.6 Å². The Morgan fingerprint density at radius 2 is 1.96 bits per heavy atom. The van der Waals surface area contributed by atoms with E-state index >= 15 is 0 Å². The molecule has 6 nitrogen and oxygen atoms in total. The first-order chi connectivity index (χ1) is 11.8. The number of nitrogens with one attached hydrogen (secondary N) is 1. The molecule has 25 heavy (non-hydrogen) atoms. The molecule has 0 saturated heterocycles. The molecule has 2 rings (SSSR count). The number of aryl methyl sites for hydroxylation is 1. The van der Waals surface area contributed by atoms with Crippen LogP contribution in [0.3, 0.4) is 0 Å². The van der Waals surface area contributed by atoms with Crippen LogP contribution in [0.2, 0.25) is 0 Å². The zero-order valence-corrected chi connectivity index (χ0v) is 15.2. The highest BCUT2D eigenvalue weighted by Crippen LogP contribution is 2.25. The maximum Gasteiger partial charge on any atom is 0.308 e. The molecule has 1 atom stereocenters. The van der Waals surface area contributed by atoms with Gasteiger partial charge < -0.3 is 10.4 Å². The van der Waals surface area contributed by atoms with Crippen LogP contribution in [-0.2, 0) is 25.8 Å². The highest BCUT2D eigenvalue weighted by Gasteiger charge is 2.31. The summed E-state index contributed by atoms with van der Waals surface area (Å²) in [4.78, 5) is 23.4. The Kier molecular flexibility index (Phi) is 6.58. The number of amides is 1. The second-order valence-electron chi connectivity index (χ2n) is 6.75. The second-order valence-corrected chi connectivity index (χ2v) is 9.03. The molecule has 0 aromatic heterocycles. The summed E-state index contributed by atoms with van der Waals surface area (Å²) in [5, 5.41) is 11.4. The van der Waals surface area contributed by atoms with Gasteiger partial charge in [0.05, 0.1) is 11.2 Å². The van der Waals surface area contributed by atoms with Gasteiger partial charge in [0.15, 0.2) is 9.84 Å². The molecule has 1 saturated carbocycles. The van der Waals surface area contributed by atoms with Crippen LogP contribution < -0.4 is 5.32 Å². The molecule has 0 aliphatic heterocycles. The third kappa shape index (κ3) is 5.85. The normalized spacial score (nSPS) is 16.5. The lowest BCUT2D eigenvalue weighted by atomic mass is 9.98. The largest absolute Gasteiger partial charge is 0.481 e. The number of sulfone groups is 1. The van der Waals surface area contributed by atoms with Crippen molar-refractivity contribution >= 4 is 21.7 Å². The first-order valence-electron chi connectivity index (χ1n) is 8.54. The van der Waals surface area contributed by atoms with Crippen LogP contribution in [0.5, 0.6) is 0 Å². The van der Waals surface area contributed by atoms with Crippen LogP contribution >= 0.6 is 0 Å². The van der Waals surface area contributed by atoms with Crippen LogP contribution in [0.25, 0.3) is 0 Å². The van der Waals surface area contributed by atoms with E-state index in [1.165, 1.54) is 0 Å². The minimum Gasteiger partial charge on any atom is -0.481 e. The summed E-state index contributed by atoms with van der Waals surface area (Å²) < 4.78 is 24.3. The number of carboxylic acids is 1. The fourth-order valence-electron chi connectivity index (χ4n) is 3.21. The maximum atomic E-state index is 12.2. The van der Waals surface area contributed by atoms with E-state index in [9.17, 15) is 23.1 Å². The van der Waals surface area contributed by atoms with Crippen molar-refractivity contribution in [2.45, 2.75) is 44.3 Å². The van der Waals surface area contributed by atoms with Crippen LogP contribution in [0, 0.1) is 12.8 Å². The number of benzene rings is 1. The van der Waals surface area contributed by atoms with E-state index in [2.05, 4.69) is 5.32 Å². The lowest BCUT2D eigenvalue weighted by molar-refractivity contribution is -0.141. The number of carbonyl (C=O) groups excluding carboxylic acids is 1. The summed E-state index contributed by atoms with van der Waals surface area (Å²) in [7, 11) is -3.45. The molecule has 1 aliphatic rings. The van der Waals surface area contributed by atoms with E-state index in [0.29, 0.717) is 12.8 Å². The topological polar surface area (TPSA) is 101 Å². The summed E-state index contributed by atoms with van der Waals surface area (Å²) in [6, 6.07) is 7.53. The summed E-state index contributed by atoms with van der Waals surface area (Å²) in [6.45, 7) is 1.84. The second kappa shape index (κ2) is 8.47. The molecule has 2 N–H and O–H groups in total. The fourth-order valence-corrected chi connectivity index (χ4v) is 4.96. The van der Waals surface area contributed by atoms with Gasteiger partial charge in [-0.15, -0.1) is 0 Å². The number of hydrogen-bond donors (Lipinski definition) is 2. The van der Waals surface area contributed by atoms with Gasteiger partial charge in [0.1, 0.15) is 5.75 Å². The van der Waals surface area contributed by atoms with Crippen LogP contribution in [0.1, 0.15) is 36.8 Å². The van der Waals surface area contributed by atoms with Crippen LogP contribution in [0.15, 0.2) is 24.3 Å². The van der Waals surface area contributed by atoms with E-state index in [0.717, 1.165) is 24.0 Å². The van der Waals surface area contributed by atoms with Gasteiger partial charge in [0, 0.05) is 6.54 Å². The van der Waals surface area contributed by atoms with E-state index in [4.69, 9.17) is 0 Å².